The van der Waals surface area contributed by atoms with Crippen molar-refractivity contribution in [1.82, 2.24) is 29.0 Å². The lowest BCUT2D eigenvalue weighted by molar-refractivity contribution is 0.141. The molecule has 0 aliphatic carbocycles. The van der Waals surface area contributed by atoms with Gasteiger partial charge < -0.3 is 14.8 Å². The molecule has 0 unspecified atom stereocenters. The second-order valence-electron chi connectivity index (χ2n) is 11.3. The van der Waals surface area contributed by atoms with E-state index < -0.39 is 10.0 Å². The summed E-state index contributed by atoms with van der Waals surface area (Å²) in [7, 11) is -3.62. The Hall–Kier alpha value is -4.52. The third-order valence-corrected chi connectivity index (χ3v) is 10.3. The minimum atomic E-state index is -3.62. The van der Waals surface area contributed by atoms with Gasteiger partial charge in [0.15, 0.2) is 11.5 Å². The normalized spacial score (nSPS) is 15.0. The highest BCUT2D eigenvalue weighted by molar-refractivity contribution is 7.89. The monoisotopic (exact) mass is 655 g/mol. The van der Waals surface area contributed by atoms with Crippen LogP contribution in [0.5, 0.6) is 11.5 Å². The fraction of sp³-hybridized carbons (Fsp3) is 0.343. The van der Waals surface area contributed by atoms with Crippen molar-refractivity contribution in [3.05, 3.63) is 96.6 Å². The smallest absolute Gasteiger partial charge is 0.243 e. The van der Waals surface area contributed by atoms with E-state index in [4.69, 9.17) is 19.4 Å². The first-order valence-electron chi connectivity index (χ1n) is 16.1. The first-order valence-corrected chi connectivity index (χ1v) is 17.5. The minimum absolute atomic E-state index is 0.0989. The molecule has 11 nitrogen and oxygen atoms in total. The zero-order valence-electron chi connectivity index (χ0n) is 27.0. The molecule has 2 aromatic heterocycles. The van der Waals surface area contributed by atoms with E-state index in [0.29, 0.717) is 51.8 Å². The number of nitrogens with one attached hydrogen (secondary N) is 1. The van der Waals surface area contributed by atoms with Crippen molar-refractivity contribution in [2.45, 2.75) is 38.1 Å². The predicted molar refractivity (Wildman–Crippen MR) is 183 cm³/mol. The molecular formula is C35H41N7O4S. The summed E-state index contributed by atoms with van der Waals surface area (Å²) >= 11 is 0. The molecule has 1 atom stereocenters. The Bertz CT molecular complexity index is 1890. The van der Waals surface area contributed by atoms with E-state index in [9.17, 15) is 8.42 Å². The van der Waals surface area contributed by atoms with Gasteiger partial charge >= 0.3 is 0 Å². The third-order valence-electron chi connectivity index (χ3n) is 8.37. The summed E-state index contributed by atoms with van der Waals surface area (Å²) < 4.78 is 41.7. The van der Waals surface area contributed by atoms with Gasteiger partial charge in [0.2, 0.25) is 10.0 Å². The first-order chi connectivity index (χ1) is 22.9. The van der Waals surface area contributed by atoms with Crippen LogP contribution in [0.2, 0.25) is 0 Å². The van der Waals surface area contributed by atoms with Gasteiger partial charge in [-0.3, -0.25) is 4.90 Å². The van der Waals surface area contributed by atoms with E-state index in [0.717, 1.165) is 45.9 Å². The fourth-order valence-electron chi connectivity index (χ4n) is 5.83. The van der Waals surface area contributed by atoms with Crippen LogP contribution in [-0.4, -0.2) is 83.3 Å². The van der Waals surface area contributed by atoms with E-state index >= 15 is 0 Å². The zero-order valence-corrected chi connectivity index (χ0v) is 27.9. The lowest BCUT2D eigenvalue weighted by Gasteiger charge is -2.36. The van der Waals surface area contributed by atoms with Crippen molar-refractivity contribution in [3.63, 3.8) is 0 Å². The molecule has 47 heavy (non-hydrogen) atoms. The third kappa shape index (κ3) is 7.24. The molecule has 3 aromatic carbocycles. The molecule has 0 saturated carbocycles. The van der Waals surface area contributed by atoms with Crippen molar-refractivity contribution in [2.75, 3.05) is 51.3 Å². The number of hydrogen-bond acceptors (Lipinski definition) is 9. The van der Waals surface area contributed by atoms with Gasteiger partial charge in [0.1, 0.15) is 11.6 Å². The number of para-hydroxylation sites is 1. The molecule has 6 rings (SSSR count). The van der Waals surface area contributed by atoms with Gasteiger partial charge in [0.05, 0.1) is 35.4 Å². The van der Waals surface area contributed by atoms with Crippen LogP contribution >= 0.6 is 0 Å². The summed E-state index contributed by atoms with van der Waals surface area (Å²) in [6.07, 6.45) is 4.29. The molecule has 1 saturated heterocycles. The zero-order chi connectivity index (χ0) is 32.8. The molecule has 5 aromatic rings. The quantitative estimate of drug-likeness (QED) is 0.180. The molecule has 246 valence electrons. The Morgan fingerprint density at radius 3 is 2.34 bits per heavy atom. The van der Waals surface area contributed by atoms with Crippen LogP contribution in [-0.2, 0) is 16.4 Å². The number of nitrogens with zero attached hydrogens (tertiary/aromatic N) is 6. The van der Waals surface area contributed by atoms with Gasteiger partial charge in [0, 0.05) is 50.5 Å². The number of benzene rings is 3. The van der Waals surface area contributed by atoms with Crippen molar-refractivity contribution in [3.8, 4) is 17.2 Å². The predicted octanol–water partition coefficient (Wildman–Crippen LogP) is 5.34. The van der Waals surface area contributed by atoms with Crippen LogP contribution in [0.25, 0.3) is 16.6 Å². The number of rotatable bonds is 13. The molecule has 1 aliphatic heterocycles. The number of piperazine rings is 1. The highest BCUT2D eigenvalue weighted by atomic mass is 32.2. The molecule has 12 heteroatoms. The van der Waals surface area contributed by atoms with Crippen LogP contribution < -0.4 is 14.8 Å². The van der Waals surface area contributed by atoms with E-state index in [1.807, 2.05) is 62.5 Å². The van der Waals surface area contributed by atoms with Crippen molar-refractivity contribution < 1.29 is 17.9 Å². The summed E-state index contributed by atoms with van der Waals surface area (Å²) in [5, 5.41) is 8.72. The van der Waals surface area contributed by atoms with Gasteiger partial charge in [-0.25, -0.2) is 23.1 Å². The van der Waals surface area contributed by atoms with Crippen LogP contribution in [0.4, 0.5) is 5.82 Å². The minimum Gasteiger partial charge on any atom is -0.490 e. The van der Waals surface area contributed by atoms with Crippen LogP contribution in [0.3, 0.4) is 0 Å². The first kappa shape index (κ1) is 32.4. The second kappa shape index (κ2) is 14.5. The molecule has 0 bridgehead atoms. The Kier molecular flexibility index (Phi) is 10.00. The summed E-state index contributed by atoms with van der Waals surface area (Å²) in [6, 6.07) is 22.6. The molecule has 0 spiro atoms. The molecule has 1 N–H and O–H groups in total. The van der Waals surface area contributed by atoms with Crippen molar-refractivity contribution in [2.24, 2.45) is 0 Å². The molecule has 1 fully saturated rings. The summed E-state index contributed by atoms with van der Waals surface area (Å²) in [4.78, 5) is 12.4. The van der Waals surface area contributed by atoms with Gasteiger partial charge in [0.25, 0.3) is 0 Å². The highest BCUT2D eigenvalue weighted by Crippen LogP contribution is 2.30. The largest absolute Gasteiger partial charge is 0.490 e. The molecule has 1 aliphatic rings. The maximum Gasteiger partial charge on any atom is 0.243 e. The standard InChI is InChI=1S/C35H41N7O4S/c1-4-45-32-16-11-27(25-33(32)46-5-2)17-19-36-35-30-9-6-7-10-31(30)38-34(39-35)26(3)40-21-23-41(24-22-40)47(43,44)29-14-12-28(13-15-29)42-20-8-18-37-42/h6-16,18,20,25-26H,4-5,17,19,21-24H2,1-3H3,(H,36,38,39)/t26-/m0/s1. The van der Waals surface area contributed by atoms with Crippen molar-refractivity contribution >= 4 is 26.7 Å². The summed E-state index contributed by atoms with van der Waals surface area (Å²) in [5.41, 5.74) is 2.81. The van der Waals surface area contributed by atoms with E-state index in [2.05, 4.69) is 28.3 Å². The summed E-state index contributed by atoms with van der Waals surface area (Å²) in [6.45, 7) is 9.76. The number of fused-ring (bicyclic) bond motifs is 1. The maximum atomic E-state index is 13.5. The fourth-order valence-corrected chi connectivity index (χ4v) is 7.25. The molecule has 3 heterocycles. The number of aromatic nitrogens is 4. The van der Waals surface area contributed by atoms with Crippen molar-refractivity contribution in [1.29, 1.82) is 0 Å². The molecular weight excluding hydrogens is 614 g/mol. The van der Waals surface area contributed by atoms with Gasteiger partial charge in [-0.05, 0) is 87.4 Å². The number of ether oxygens (including phenoxy) is 2. The molecule has 0 radical (unpaired) electrons. The van der Waals surface area contributed by atoms with Gasteiger partial charge in [-0.1, -0.05) is 18.2 Å². The second-order valence-corrected chi connectivity index (χ2v) is 13.3. The molecule has 0 amide bonds. The topological polar surface area (TPSA) is 115 Å². The lowest BCUT2D eigenvalue weighted by atomic mass is 10.1. The Morgan fingerprint density at radius 2 is 1.62 bits per heavy atom. The Balaban J connectivity index is 1.12. The maximum absolute atomic E-state index is 13.5. The van der Waals surface area contributed by atoms with E-state index in [1.54, 1.807) is 39.4 Å². The average Bonchev–Trinajstić information content (AvgIpc) is 3.65. The highest BCUT2D eigenvalue weighted by Gasteiger charge is 2.31. The van der Waals surface area contributed by atoms with Crippen LogP contribution in [0.15, 0.2) is 90.1 Å². The van der Waals surface area contributed by atoms with Crippen LogP contribution in [0, 0.1) is 0 Å². The van der Waals surface area contributed by atoms with Gasteiger partial charge in [-0.2, -0.15) is 9.40 Å². The summed E-state index contributed by atoms with van der Waals surface area (Å²) in [5.74, 6) is 3.00. The Morgan fingerprint density at radius 1 is 0.872 bits per heavy atom. The average molecular weight is 656 g/mol. The SMILES string of the molecule is CCOc1ccc(CCNc2nc([C@H](C)N3CCN(S(=O)(=O)c4ccc(-n5cccn5)cc4)CC3)nc3ccccc23)cc1OCC. The van der Waals surface area contributed by atoms with E-state index in [1.165, 1.54) is 0 Å². The Labute approximate surface area is 276 Å². The number of sulfonamides is 1. The number of hydrogen-bond donors (Lipinski definition) is 1. The van der Waals surface area contributed by atoms with Gasteiger partial charge in [-0.15, -0.1) is 0 Å². The van der Waals surface area contributed by atoms with Crippen LogP contribution in [0.1, 0.15) is 38.2 Å². The lowest BCUT2D eigenvalue weighted by Crippen LogP contribution is -2.49. The van der Waals surface area contributed by atoms with E-state index in [-0.39, 0.29) is 10.9 Å². The number of anilines is 1.